The Morgan fingerprint density at radius 2 is 2.10 bits per heavy atom. The van der Waals surface area contributed by atoms with Gasteiger partial charge in [-0.1, -0.05) is 32.8 Å². The molecular weight excluding hydrogens is 302 g/mol. The Morgan fingerprint density at radius 3 is 2.71 bits per heavy atom. The minimum atomic E-state index is -3.19. The van der Waals surface area contributed by atoms with E-state index in [1.807, 2.05) is 11.4 Å². The molecule has 1 aliphatic rings. The van der Waals surface area contributed by atoms with Gasteiger partial charge < -0.3 is 5.32 Å². The van der Waals surface area contributed by atoms with Crippen LogP contribution in [0.2, 0.25) is 0 Å². The average Bonchev–Trinajstić information content (AvgIpc) is 3.01. The maximum atomic E-state index is 12.9. The Hall–Kier alpha value is -0.390. The summed E-state index contributed by atoms with van der Waals surface area (Å²) in [6.45, 7) is 5.21. The lowest BCUT2D eigenvalue weighted by molar-refractivity contribution is 0.280. The van der Waals surface area contributed by atoms with Crippen LogP contribution in [-0.4, -0.2) is 26.3 Å². The molecule has 2 rings (SSSR count). The zero-order valence-electron chi connectivity index (χ0n) is 13.0. The first kappa shape index (κ1) is 17.0. The lowest BCUT2D eigenvalue weighted by Crippen LogP contribution is -2.48. The van der Waals surface area contributed by atoms with Crippen LogP contribution in [0.3, 0.4) is 0 Å². The summed E-state index contributed by atoms with van der Waals surface area (Å²) in [5.74, 6) is 0.564. The fourth-order valence-corrected chi connectivity index (χ4v) is 6.64. The van der Waals surface area contributed by atoms with Crippen molar-refractivity contribution in [1.82, 2.24) is 5.32 Å². The van der Waals surface area contributed by atoms with Crippen LogP contribution < -0.4 is 5.32 Å². The van der Waals surface area contributed by atoms with Gasteiger partial charge in [-0.05, 0) is 49.6 Å². The molecule has 1 saturated carbocycles. The van der Waals surface area contributed by atoms with Crippen molar-refractivity contribution in [1.29, 1.82) is 0 Å². The molecule has 0 aromatic carbocycles. The molecule has 120 valence electrons. The van der Waals surface area contributed by atoms with Gasteiger partial charge in [0, 0.05) is 6.04 Å². The van der Waals surface area contributed by atoms with E-state index in [4.69, 9.17) is 0 Å². The molecule has 0 bridgehead atoms. The molecule has 0 amide bonds. The first-order chi connectivity index (χ1) is 10.1. The average molecular weight is 330 g/mol. The van der Waals surface area contributed by atoms with Crippen molar-refractivity contribution in [2.75, 3.05) is 6.54 Å². The van der Waals surface area contributed by atoms with E-state index in [9.17, 15) is 8.42 Å². The number of nitrogens with one attached hydrogen (secondary N) is 1. The second kappa shape index (κ2) is 7.75. The smallest absolute Gasteiger partial charge is 0.192 e. The van der Waals surface area contributed by atoms with E-state index in [2.05, 4.69) is 19.2 Å². The second-order valence-electron chi connectivity index (χ2n) is 6.04. The van der Waals surface area contributed by atoms with Crippen LogP contribution in [0, 0.1) is 5.92 Å². The summed E-state index contributed by atoms with van der Waals surface area (Å²) in [5.41, 5.74) is 0. The molecule has 1 heterocycles. The van der Waals surface area contributed by atoms with Gasteiger partial charge in [0.05, 0.1) is 5.25 Å². The summed E-state index contributed by atoms with van der Waals surface area (Å²) in [6.07, 6.45) is 6.29. The van der Waals surface area contributed by atoms with Crippen molar-refractivity contribution in [3.05, 3.63) is 17.5 Å². The molecule has 1 aliphatic carbocycles. The molecule has 3 unspecified atom stereocenters. The topological polar surface area (TPSA) is 46.2 Å². The van der Waals surface area contributed by atoms with Gasteiger partial charge in [0.15, 0.2) is 9.84 Å². The Bertz CT molecular complexity index is 510. The van der Waals surface area contributed by atoms with Crippen LogP contribution in [0.1, 0.15) is 52.4 Å². The first-order valence-electron chi connectivity index (χ1n) is 8.10. The molecule has 1 aromatic rings. The molecule has 1 fully saturated rings. The van der Waals surface area contributed by atoms with Crippen LogP contribution in [0.5, 0.6) is 0 Å². The lowest BCUT2D eigenvalue weighted by atomic mass is 9.83. The number of sulfone groups is 1. The van der Waals surface area contributed by atoms with Crippen molar-refractivity contribution >= 4 is 21.2 Å². The monoisotopic (exact) mass is 329 g/mol. The Kier molecular flexibility index (Phi) is 6.26. The van der Waals surface area contributed by atoms with Crippen molar-refractivity contribution in [2.24, 2.45) is 5.92 Å². The second-order valence-corrected chi connectivity index (χ2v) is 9.39. The first-order valence-corrected chi connectivity index (χ1v) is 10.5. The van der Waals surface area contributed by atoms with E-state index in [0.717, 1.165) is 45.1 Å². The summed E-state index contributed by atoms with van der Waals surface area (Å²) in [7, 11) is -3.19. The summed E-state index contributed by atoms with van der Waals surface area (Å²) in [4.78, 5) is 0. The normalized spacial score (nSPS) is 26.9. The fraction of sp³-hybridized carbons (Fsp3) is 0.750. The molecule has 1 aromatic heterocycles. The van der Waals surface area contributed by atoms with E-state index < -0.39 is 9.84 Å². The van der Waals surface area contributed by atoms with E-state index in [-0.39, 0.29) is 11.3 Å². The highest BCUT2D eigenvalue weighted by atomic mass is 32.2. The number of hydrogen-bond acceptors (Lipinski definition) is 4. The molecule has 3 atom stereocenters. The third-order valence-corrected chi connectivity index (χ3v) is 8.09. The molecule has 21 heavy (non-hydrogen) atoms. The van der Waals surface area contributed by atoms with Crippen LogP contribution in [0.15, 0.2) is 21.7 Å². The number of hydrogen-bond donors (Lipinski definition) is 1. The molecular formula is C16H27NO2S2. The zero-order valence-corrected chi connectivity index (χ0v) is 14.7. The quantitative estimate of drug-likeness (QED) is 0.826. The van der Waals surface area contributed by atoms with Crippen LogP contribution in [0.4, 0.5) is 0 Å². The third-order valence-electron chi connectivity index (χ3n) is 4.43. The van der Waals surface area contributed by atoms with Gasteiger partial charge in [-0.15, -0.1) is 11.3 Å². The number of rotatable bonds is 7. The SMILES string of the molecule is CCCNC1CCC(CCC)CC1S(=O)(=O)c1cccs1. The van der Waals surface area contributed by atoms with Gasteiger partial charge in [-0.25, -0.2) is 8.42 Å². The minimum absolute atomic E-state index is 0.116. The van der Waals surface area contributed by atoms with E-state index >= 15 is 0 Å². The summed E-state index contributed by atoms with van der Waals surface area (Å²) >= 11 is 1.35. The van der Waals surface area contributed by atoms with Gasteiger partial charge >= 0.3 is 0 Å². The third kappa shape index (κ3) is 4.08. The van der Waals surface area contributed by atoms with Crippen molar-refractivity contribution in [3.8, 4) is 0 Å². The maximum Gasteiger partial charge on any atom is 0.192 e. The minimum Gasteiger partial charge on any atom is -0.313 e. The largest absolute Gasteiger partial charge is 0.313 e. The summed E-state index contributed by atoms with van der Waals surface area (Å²) in [6, 6.07) is 3.70. The standard InChI is InChI=1S/C16H27NO2S2/c1-3-6-13-8-9-14(17-10-4-2)15(12-13)21(18,19)16-7-5-11-20-16/h5,7,11,13-15,17H,3-4,6,8-10,12H2,1-2H3. The molecule has 0 saturated heterocycles. The molecule has 5 heteroatoms. The highest BCUT2D eigenvalue weighted by Crippen LogP contribution is 2.35. The Labute approximate surface area is 133 Å². The fourth-order valence-electron chi connectivity index (χ4n) is 3.36. The molecule has 0 radical (unpaired) electrons. The van der Waals surface area contributed by atoms with Crippen LogP contribution >= 0.6 is 11.3 Å². The van der Waals surface area contributed by atoms with Crippen molar-refractivity contribution < 1.29 is 8.42 Å². The van der Waals surface area contributed by atoms with Crippen LogP contribution in [0.25, 0.3) is 0 Å². The van der Waals surface area contributed by atoms with Gasteiger partial charge in [0.1, 0.15) is 4.21 Å². The maximum absolute atomic E-state index is 12.9. The van der Waals surface area contributed by atoms with Crippen LogP contribution in [-0.2, 0) is 9.84 Å². The predicted octanol–water partition coefficient (Wildman–Crippen LogP) is 3.86. The lowest BCUT2D eigenvalue weighted by Gasteiger charge is -2.36. The predicted molar refractivity (Wildman–Crippen MR) is 89.6 cm³/mol. The van der Waals surface area contributed by atoms with Gasteiger partial charge in [0.2, 0.25) is 0 Å². The number of thiophene rings is 1. The molecule has 0 spiro atoms. The Balaban J connectivity index is 2.20. The van der Waals surface area contributed by atoms with E-state index in [1.165, 1.54) is 11.3 Å². The highest BCUT2D eigenvalue weighted by molar-refractivity contribution is 7.94. The Morgan fingerprint density at radius 1 is 1.29 bits per heavy atom. The molecule has 1 N–H and O–H groups in total. The van der Waals surface area contributed by atoms with E-state index in [1.54, 1.807) is 6.07 Å². The van der Waals surface area contributed by atoms with Crippen molar-refractivity contribution in [3.63, 3.8) is 0 Å². The highest BCUT2D eigenvalue weighted by Gasteiger charge is 2.39. The van der Waals surface area contributed by atoms with Gasteiger partial charge in [0.25, 0.3) is 0 Å². The van der Waals surface area contributed by atoms with E-state index in [0.29, 0.717) is 10.1 Å². The van der Waals surface area contributed by atoms with Crippen molar-refractivity contribution in [2.45, 2.75) is 67.9 Å². The van der Waals surface area contributed by atoms with Gasteiger partial charge in [-0.3, -0.25) is 0 Å². The molecule has 0 aliphatic heterocycles. The summed E-state index contributed by atoms with van der Waals surface area (Å²) in [5, 5.41) is 5.08. The zero-order chi connectivity index (χ0) is 15.3. The molecule has 3 nitrogen and oxygen atoms in total. The summed E-state index contributed by atoms with van der Waals surface area (Å²) < 4.78 is 26.4. The van der Waals surface area contributed by atoms with Gasteiger partial charge in [-0.2, -0.15) is 0 Å².